The number of rotatable bonds is 3. The topological polar surface area (TPSA) is 41.7 Å². The molecule has 2 aliphatic rings. The van der Waals surface area contributed by atoms with Crippen LogP contribution in [-0.4, -0.2) is 67.3 Å². The third-order valence-electron chi connectivity index (χ3n) is 4.81. The van der Waals surface area contributed by atoms with E-state index >= 15 is 0 Å². The number of nitrogens with zero attached hydrogens (tertiary/aromatic N) is 2. The highest BCUT2D eigenvalue weighted by molar-refractivity contribution is 4.97. The van der Waals surface area contributed by atoms with Gasteiger partial charge in [0.15, 0.2) is 0 Å². The third-order valence-corrected chi connectivity index (χ3v) is 4.81. The van der Waals surface area contributed by atoms with Gasteiger partial charge in [0, 0.05) is 24.7 Å². The van der Waals surface area contributed by atoms with Crippen molar-refractivity contribution in [3.8, 4) is 0 Å². The monoisotopic (exact) mass is 255 g/mol. The maximum Gasteiger partial charge on any atom is 0.0620 e. The second kappa shape index (κ2) is 6.33. The number of likely N-dealkylation sites (tertiary alicyclic amines) is 1. The molecule has 4 nitrogen and oxygen atoms in total. The molecule has 2 rings (SSSR count). The molecule has 0 aromatic rings. The van der Waals surface area contributed by atoms with Crippen LogP contribution in [0.3, 0.4) is 0 Å². The first kappa shape index (κ1) is 14.3. The van der Waals surface area contributed by atoms with Crippen molar-refractivity contribution >= 4 is 0 Å². The van der Waals surface area contributed by atoms with E-state index in [1.807, 2.05) is 0 Å². The van der Waals surface area contributed by atoms with Crippen LogP contribution in [0.4, 0.5) is 0 Å². The highest BCUT2D eigenvalue weighted by Crippen LogP contribution is 2.31. The Morgan fingerprint density at radius 3 is 2.78 bits per heavy atom. The molecule has 2 unspecified atom stereocenters. The molecule has 2 atom stereocenters. The van der Waals surface area contributed by atoms with Gasteiger partial charge < -0.3 is 15.4 Å². The molecule has 2 saturated heterocycles. The Bertz CT molecular complexity index is 261. The Morgan fingerprint density at radius 2 is 2.11 bits per heavy atom. The third kappa shape index (κ3) is 2.87. The first-order valence-corrected chi connectivity index (χ1v) is 7.49. The fourth-order valence-corrected chi connectivity index (χ4v) is 3.59. The van der Waals surface area contributed by atoms with Crippen LogP contribution in [0.1, 0.15) is 33.1 Å². The summed E-state index contributed by atoms with van der Waals surface area (Å²) in [4.78, 5) is 5.19. The van der Waals surface area contributed by atoms with Crippen LogP contribution in [0.2, 0.25) is 0 Å². The van der Waals surface area contributed by atoms with Gasteiger partial charge in [0.1, 0.15) is 0 Å². The summed E-state index contributed by atoms with van der Waals surface area (Å²) in [6.45, 7) is 11.7. The van der Waals surface area contributed by atoms with E-state index in [9.17, 15) is 0 Å². The van der Waals surface area contributed by atoms with Crippen LogP contribution < -0.4 is 5.73 Å². The zero-order valence-corrected chi connectivity index (χ0v) is 12.0. The summed E-state index contributed by atoms with van der Waals surface area (Å²) in [6, 6.07) is 0.510. The van der Waals surface area contributed by atoms with Crippen molar-refractivity contribution in [1.82, 2.24) is 9.80 Å². The number of hydrogen-bond donors (Lipinski definition) is 1. The van der Waals surface area contributed by atoms with E-state index < -0.39 is 0 Å². The van der Waals surface area contributed by atoms with Crippen molar-refractivity contribution in [2.45, 2.75) is 44.7 Å². The van der Waals surface area contributed by atoms with Gasteiger partial charge in [0.05, 0.1) is 13.2 Å². The van der Waals surface area contributed by atoms with Crippen LogP contribution >= 0.6 is 0 Å². The van der Waals surface area contributed by atoms with Crippen molar-refractivity contribution in [2.24, 2.45) is 5.73 Å². The van der Waals surface area contributed by atoms with E-state index in [1.54, 1.807) is 0 Å². The molecule has 0 aromatic carbocycles. The van der Waals surface area contributed by atoms with Crippen molar-refractivity contribution in [3.63, 3.8) is 0 Å². The summed E-state index contributed by atoms with van der Waals surface area (Å²) in [5.74, 6) is 0. The Kier molecular flexibility index (Phi) is 5.01. The SMILES string of the molecule is CCN1CCCC(CN)(N2CCOCC2C)CC1. The van der Waals surface area contributed by atoms with Crippen molar-refractivity contribution in [3.05, 3.63) is 0 Å². The van der Waals surface area contributed by atoms with Gasteiger partial charge in [-0.25, -0.2) is 0 Å². The molecule has 4 heteroatoms. The number of nitrogens with two attached hydrogens (primary N) is 1. The average molecular weight is 255 g/mol. The molecule has 2 heterocycles. The quantitative estimate of drug-likeness (QED) is 0.814. The number of ether oxygens (including phenoxy) is 1. The van der Waals surface area contributed by atoms with E-state index in [1.165, 1.54) is 38.9 Å². The van der Waals surface area contributed by atoms with Crippen LogP contribution in [0, 0.1) is 0 Å². The molecular formula is C14H29N3O. The average Bonchev–Trinajstić information content (AvgIpc) is 2.62. The Hall–Kier alpha value is -0.160. The normalized spacial score (nSPS) is 36.5. The zero-order chi connectivity index (χ0) is 13.0. The van der Waals surface area contributed by atoms with E-state index in [0.717, 1.165) is 26.3 Å². The van der Waals surface area contributed by atoms with E-state index in [4.69, 9.17) is 10.5 Å². The van der Waals surface area contributed by atoms with Gasteiger partial charge in [0.25, 0.3) is 0 Å². The molecule has 0 spiro atoms. The smallest absolute Gasteiger partial charge is 0.0620 e. The minimum atomic E-state index is 0.215. The molecule has 0 amide bonds. The van der Waals surface area contributed by atoms with Crippen LogP contribution in [-0.2, 0) is 4.74 Å². The first-order chi connectivity index (χ1) is 8.72. The van der Waals surface area contributed by atoms with Gasteiger partial charge >= 0.3 is 0 Å². The first-order valence-electron chi connectivity index (χ1n) is 7.49. The lowest BCUT2D eigenvalue weighted by atomic mass is 9.87. The van der Waals surface area contributed by atoms with E-state index in [0.29, 0.717) is 6.04 Å². The molecule has 18 heavy (non-hydrogen) atoms. The second-order valence-corrected chi connectivity index (χ2v) is 5.83. The number of morpholine rings is 1. The van der Waals surface area contributed by atoms with Crippen molar-refractivity contribution in [1.29, 1.82) is 0 Å². The molecule has 0 aromatic heterocycles. The van der Waals surface area contributed by atoms with Gasteiger partial charge in [-0.15, -0.1) is 0 Å². The Morgan fingerprint density at radius 1 is 1.28 bits per heavy atom. The highest BCUT2D eigenvalue weighted by atomic mass is 16.5. The van der Waals surface area contributed by atoms with Gasteiger partial charge in [-0.1, -0.05) is 6.92 Å². The summed E-state index contributed by atoms with van der Waals surface area (Å²) in [6.07, 6.45) is 3.72. The molecule has 0 bridgehead atoms. The predicted molar refractivity (Wildman–Crippen MR) is 74.7 cm³/mol. The lowest BCUT2D eigenvalue weighted by molar-refractivity contribution is -0.0613. The maximum absolute atomic E-state index is 6.19. The fourth-order valence-electron chi connectivity index (χ4n) is 3.59. The maximum atomic E-state index is 6.19. The zero-order valence-electron chi connectivity index (χ0n) is 12.0. The molecular weight excluding hydrogens is 226 g/mol. The minimum absolute atomic E-state index is 0.215. The summed E-state index contributed by atoms with van der Waals surface area (Å²) in [5.41, 5.74) is 6.40. The standard InChI is InChI=1S/C14H29N3O/c1-3-16-7-4-5-14(12-15,6-8-16)17-9-10-18-11-13(17)2/h13H,3-12,15H2,1-2H3. The molecule has 0 saturated carbocycles. The van der Waals surface area contributed by atoms with Gasteiger partial charge in [0.2, 0.25) is 0 Å². The van der Waals surface area contributed by atoms with Gasteiger partial charge in [-0.3, -0.25) is 4.90 Å². The second-order valence-electron chi connectivity index (χ2n) is 5.83. The molecule has 2 aliphatic heterocycles. The lowest BCUT2D eigenvalue weighted by Crippen LogP contribution is -2.61. The van der Waals surface area contributed by atoms with Crippen LogP contribution in [0.15, 0.2) is 0 Å². The van der Waals surface area contributed by atoms with Crippen LogP contribution in [0.25, 0.3) is 0 Å². The van der Waals surface area contributed by atoms with Crippen molar-refractivity contribution < 1.29 is 4.74 Å². The predicted octanol–water partition coefficient (Wildman–Crippen LogP) is 0.910. The van der Waals surface area contributed by atoms with Crippen molar-refractivity contribution in [2.75, 3.05) is 45.9 Å². The molecule has 106 valence electrons. The molecule has 2 N–H and O–H groups in total. The molecule has 0 radical (unpaired) electrons. The minimum Gasteiger partial charge on any atom is -0.379 e. The highest BCUT2D eigenvalue weighted by Gasteiger charge is 2.40. The largest absolute Gasteiger partial charge is 0.379 e. The summed E-state index contributed by atoms with van der Waals surface area (Å²) in [5, 5.41) is 0. The lowest BCUT2D eigenvalue weighted by Gasteiger charge is -2.48. The molecule has 0 aliphatic carbocycles. The van der Waals surface area contributed by atoms with E-state index in [2.05, 4.69) is 23.6 Å². The van der Waals surface area contributed by atoms with Crippen LogP contribution in [0.5, 0.6) is 0 Å². The Balaban J connectivity index is 2.08. The molecule has 2 fully saturated rings. The van der Waals surface area contributed by atoms with E-state index in [-0.39, 0.29) is 5.54 Å². The summed E-state index contributed by atoms with van der Waals surface area (Å²) >= 11 is 0. The summed E-state index contributed by atoms with van der Waals surface area (Å²) in [7, 11) is 0. The van der Waals surface area contributed by atoms with Gasteiger partial charge in [-0.05, 0) is 45.8 Å². The Labute approximate surface area is 111 Å². The van der Waals surface area contributed by atoms with Gasteiger partial charge in [-0.2, -0.15) is 0 Å². The summed E-state index contributed by atoms with van der Waals surface area (Å²) < 4.78 is 5.57. The fraction of sp³-hybridized carbons (Fsp3) is 1.00. The number of hydrogen-bond acceptors (Lipinski definition) is 4.